The molecule has 0 heterocycles. The number of ether oxygens (including phenoxy) is 6. The van der Waals surface area contributed by atoms with E-state index >= 15 is 0 Å². The summed E-state index contributed by atoms with van der Waals surface area (Å²) in [5, 5.41) is 13.3. The fourth-order valence-corrected chi connectivity index (χ4v) is 3.21. The van der Waals surface area contributed by atoms with Crippen molar-refractivity contribution in [2.45, 2.75) is 12.7 Å². The maximum absolute atomic E-state index is 12.3. The van der Waals surface area contributed by atoms with Gasteiger partial charge in [-0.1, -0.05) is 12.1 Å². The minimum Gasteiger partial charge on any atom is -0.497 e. The lowest BCUT2D eigenvalue weighted by Gasteiger charge is -2.16. The predicted molar refractivity (Wildman–Crippen MR) is 135 cm³/mol. The van der Waals surface area contributed by atoms with Gasteiger partial charge in [0.15, 0.2) is 0 Å². The van der Waals surface area contributed by atoms with Crippen LogP contribution in [0.25, 0.3) is 0 Å². The number of hydrogen-bond donors (Lipinski definition) is 1. The third-order valence-corrected chi connectivity index (χ3v) is 5.12. The molecular weight excluding hydrogens is 516 g/mol. The highest BCUT2D eigenvalue weighted by Gasteiger charge is 2.27. The molecule has 1 amide bonds. The lowest BCUT2D eigenvalue weighted by atomic mass is 10.1. The van der Waals surface area contributed by atoms with E-state index in [0.29, 0.717) is 22.7 Å². The van der Waals surface area contributed by atoms with Gasteiger partial charge in [-0.15, -0.1) is 0 Å². The fourth-order valence-electron chi connectivity index (χ4n) is 3.21. The van der Waals surface area contributed by atoms with E-state index in [4.69, 9.17) is 28.4 Å². The molecule has 13 nitrogen and oxygen atoms in total. The van der Waals surface area contributed by atoms with Crippen molar-refractivity contribution in [2.75, 3.05) is 26.6 Å². The van der Waals surface area contributed by atoms with Crippen LogP contribution in [0.3, 0.4) is 0 Å². The molecule has 0 aliphatic rings. The minimum atomic E-state index is -1.48. The van der Waals surface area contributed by atoms with Gasteiger partial charge in [0.2, 0.25) is 6.10 Å². The number of rotatable bonds is 10. The summed E-state index contributed by atoms with van der Waals surface area (Å²) in [6.45, 7) is -0.0490. The molecule has 0 saturated heterocycles. The van der Waals surface area contributed by atoms with Crippen LogP contribution in [0.15, 0.2) is 66.7 Å². The van der Waals surface area contributed by atoms with Gasteiger partial charge in [0, 0.05) is 29.4 Å². The van der Waals surface area contributed by atoms with Gasteiger partial charge in [0.05, 0.1) is 26.3 Å². The first-order valence-electron chi connectivity index (χ1n) is 11.2. The van der Waals surface area contributed by atoms with E-state index in [1.165, 1.54) is 50.6 Å². The number of methoxy groups -OCH3 is 3. The molecule has 13 heteroatoms. The Balaban J connectivity index is 1.60. The normalized spacial score (nSPS) is 10.9. The van der Waals surface area contributed by atoms with Gasteiger partial charge >= 0.3 is 18.2 Å². The summed E-state index contributed by atoms with van der Waals surface area (Å²) in [6, 6.07) is 15.6. The Hall–Kier alpha value is -5.33. The van der Waals surface area contributed by atoms with Crippen LogP contribution < -0.4 is 19.5 Å². The number of benzene rings is 3. The zero-order valence-electron chi connectivity index (χ0n) is 21.1. The molecule has 3 rings (SSSR count). The van der Waals surface area contributed by atoms with Crippen molar-refractivity contribution in [1.82, 2.24) is 0 Å². The molecule has 3 aromatic rings. The zero-order valence-corrected chi connectivity index (χ0v) is 21.1. The van der Waals surface area contributed by atoms with Crippen LogP contribution in [-0.2, 0) is 25.6 Å². The number of nitrogens with one attached hydrogen (secondary N) is 1. The Morgan fingerprint density at radius 3 is 2.03 bits per heavy atom. The molecule has 204 valence electrons. The van der Waals surface area contributed by atoms with Crippen LogP contribution in [0.2, 0.25) is 0 Å². The third kappa shape index (κ3) is 8.08. The molecule has 0 spiro atoms. The second-order valence-electron chi connectivity index (χ2n) is 7.67. The van der Waals surface area contributed by atoms with E-state index in [1.807, 2.05) is 0 Å². The van der Waals surface area contributed by atoms with E-state index in [0.717, 1.165) is 19.2 Å². The summed E-state index contributed by atoms with van der Waals surface area (Å²) in [4.78, 5) is 46.9. The quantitative estimate of drug-likeness (QED) is 0.124. The predicted octanol–water partition coefficient (Wildman–Crippen LogP) is 4.79. The fraction of sp³-hybridized carbons (Fsp3) is 0.192. The number of nitro benzene ring substituents is 1. The summed E-state index contributed by atoms with van der Waals surface area (Å²) >= 11 is 0. The topological polar surface area (TPSA) is 162 Å². The Labute approximate surface area is 222 Å². The summed E-state index contributed by atoms with van der Waals surface area (Å²) < 4.78 is 30.4. The zero-order chi connectivity index (χ0) is 28.4. The Bertz CT molecular complexity index is 1300. The largest absolute Gasteiger partial charge is 0.515 e. The second kappa shape index (κ2) is 13.3. The number of anilines is 1. The van der Waals surface area contributed by atoms with E-state index in [-0.39, 0.29) is 23.6 Å². The maximum atomic E-state index is 12.3. The first kappa shape index (κ1) is 28.2. The van der Waals surface area contributed by atoms with Crippen molar-refractivity contribution in [3.8, 4) is 17.2 Å². The highest BCUT2D eigenvalue weighted by Crippen LogP contribution is 2.25. The molecular formula is C26H24N2O11. The number of nitrogens with zero attached hydrogens (tertiary/aromatic N) is 1. The molecule has 0 aromatic heterocycles. The molecule has 3 aromatic carbocycles. The number of carbonyl (C=O) groups excluding carboxylic acids is 3. The lowest BCUT2D eigenvalue weighted by molar-refractivity contribution is -0.384. The van der Waals surface area contributed by atoms with Crippen LogP contribution in [-0.4, -0.2) is 44.5 Å². The molecule has 1 N–H and O–H groups in total. The SMILES string of the molecule is COC(=O)C(OC(=O)Oc1ccc([N+](=O)[O-])cc1)c1ccc(NC(=O)OCc2cc(OC)cc(OC)c2)cc1. The van der Waals surface area contributed by atoms with E-state index < -0.39 is 29.2 Å². The number of non-ortho nitro benzene ring substituents is 1. The standard InChI is InChI=1S/C26H24N2O11/c1-34-21-12-16(13-22(14-21)35-2)15-37-25(30)27-18-6-4-17(5-7-18)23(24(29)36-3)39-26(31)38-20-10-8-19(9-11-20)28(32)33/h4-14,23H,15H2,1-3H3,(H,27,30). The second-order valence-corrected chi connectivity index (χ2v) is 7.67. The van der Waals surface area contributed by atoms with Crippen molar-refractivity contribution >= 4 is 29.6 Å². The Kier molecular flexibility index (Phi) is 9.62. The average Bonchev–Trinajstić information content (AvgIpc) is 2.95. The van der Waals surface area contributed by atoms with Gasteiger partial charge in [-0.05, 0) is 42.0 Å². The van der Waals surface area contributed by atoms with Gasteiger partial charge < -0.3 is 28.4 Å². The third-order valence-electron chi connectivity index (χ3n) is 5.12. The number of nitro groups is 1. The number of esters is 1. The van der Waals surface area contributed by atoms with Crippen molar-refractivity contribution in [3.05, 3.63) is 88.0 Å². The number of hydrogen-bond acceptors (Lipinski definition) is 11. The molecule has 1 atom stereocenters. The van der Waals surface area contributed by atoms with Gasteiger partial charge in [0.1, 0.15) is 23.9 Å². The summed E-state index contributed by atoms with van der Waals surface area (Å²) in [5.41, 5.74) is 1.02. The van der Waals surface area contributed by atoms with Crippen molar-refractivity contribution in [1.29, 1.82) is 0 Å². The van der Waals surface area contributed by atoms with Gasteiger partial charge in [0.25, 0.3) is 5.69 Å². The molecule has 0 fully saturated rings. The van der Waals surface area contributed by atoms with Crippen LogP contribution >= 0.6 is 0 Å². The number of amides is 1. The molecule has 0 aliphatic carbocycles. The maximum Gasteiger partial charge on any atom is 0.515 e. The van der Waals surface area contributed by atoms with E-state index in [9.17, 15) is 24.5 Å². The highest BCUT2D eigenvalue weighted by atomic mass is 16.7. The first-order chi connectivity index (χ1) is 18.7. The smallest absolute Gasteiger partial charge is 0.497 e. The Morgan fingerprint density at radius 2 is 1.49 bits per heavy atom. The molecule has 0 saturated carbocycles. The van der Waals surface area contributed by atoms with Gasteiger partial charge in [-0.3, -0.25) is 15.4 Å². The number of carbonyl (C=O) groups is 3. The van der Waals surface area contributed by atoms with E-state index in [1.54, 1.807) is 18.2 Å². The minimum absolute atomic E-state index is 0.0281. The first-order valence-corrected chi connectivity index (χ1v) is 11.2. The van der Waals surface area contributed by atoms with Crippen LogP contribution in [0.4, 0.5) is 21.0 Å². The van der Waals surface area contributed by atoms with Gasteiger partial charge in [-0.25, -0.2) is 14.4 Å². The van der Waals surface area contributed by atoms with Crippen LogP contribution in [0.5, 0.6) is 17.2 Å². The monoisotopic (exact) mass is 540 g/mol. The molecule has 1 unspecified atom stereocenters. The van der Waals surface area contributed by atoms with Gasteiger partial charge in [-0.2, -0.15) is 0 Å². The summed E-state index contributed by atoms with van der Waals surface area (Å²) in [5.74, 6) is 0.176. The molecule has 0 radical (unpaired) electrons. The van der Waals surface area contributed by atoms with Crippen LogP contribution in [0, 0.1) is 10.1 Å². The summed E-state index contributed by atoms with van der Waals surface area (Å²) in [6.07, 6.45) is -3.46. The van der Waals surface area contributed by atoms with Crippen molar-refractivity contribution in [3.63, 3.8) is 0 Å². The van der Waals surface area contributed by atoms with E-state index in [2.05, 4.69) is 5.32 Å². The average molecular weight is 540 g/mol. The summed E-state index contributed by atoms with van der Waals surface area (Å²) in [7, 11) is 4.13. The lowest BCUT2D eigenvalue weighted by Crippen LogP contribution is -2.23. The highest BCUT2D eigenvalue weighted by molar-refractivity contribution is 5.85. The molecule has 0 bridgehead atoms. The van der Waals surface area contributed by atoms with Crippen molar-refractivity contribution in [2.24, 2.45) is 0 Å². The molecule has 39 heavy (non-hydrogen) atoms. The Morgan fingerprint density at radius 1 is 0.872 bits per heavy atom. The molecule has 0 aliphatic heterocycles. The van der Waals surface area contributed by atoms with Crippen molar-refractivity contribution < 1.29 is 47.7 Å². The van der Waals surface area contributed by atoms with Crippen LogP contribution in [0.1, 0.15) is 17.2 Å².